The van der Waals surface area contributed by atoms with E-state index >= 15 is 0 Å². The van der Waals surface area contributed by atoms with Gasteiger partial charge in [-0.3, -0.25) is 14.4 Å². The molecule has 27 heavy (non-hydrogen) atoms. The van der Waals surface area contributed by atoms with Crippen LogP contribution < -0.4 is 5.32 Å². The second-order valence-corrected chi connectivity index (χ2v) is 8.48. The lowest BCUT2D eigenvalue weighted by Crippen LogP contribution is -2.33. The van der Waals surface area contributed by atoms with Gasteiger partial charge in [-0.15, -0.1) is 11.3 Å². The van der Waals surface area contributed by atoms with Crippen molar-refractivity contribution in [2.75, 3.05) is 11.9 Å². The van der Waals surface area contributed by atoms with Crippen molar-refractivity contribution in [3.63, 3.8) is 0 Å². The summed E-state index contributed by atoms with van der Waals surface area (Å²) >= 11 is 7.64. The van der Waals surface area contributed by atoms with Crippen LogP contribution in [0.25, 0.3) is 0 Å². The lowest BCUT2D eigenvalue weighted by Gasteiger charge is -2.26. The Morgan fingerprint density at radius 2 is 1.96 bits per heavy atom. The predicted molar refractivity (Wildman–Crippen MR) is 105 cm³/mol. The van der Waals surface area contributed by atoms with Crippen LogP contribution in [0.5, 0.6) is 0 Å². The van der Waals surface area contributed by atoms with Gasteiger partial charge in [0.1, 0.15) is 5.00 Å². The fraction of sp³-hybridized carbons (Fsp3) is 0.350. The molecular formula is C20H19ClN2O3S. The molecule has 1 saturated carbocycles. The van der Waals surface area contributed by atoms with Crippen LogP contribution in [0.1, 0.15) is 46.1 Å². The molecule has 0 atom stereocenters. The van der Waals surface area contributed by atoms with Crippen molar-refractivity contribution < 1.29 is 14.4 Å². The average molecular weight is 403 g/mol. The molecule has 2 amide bonds. The molecule has 1 aliphatic heterocycles. The summed E-state index contributed by atoms with van der Waals surface area (Å²) in [6.07, 6.45) is 2.38. The Balaban J connectivity index is 1.76. The van der Waals surface area contributed by atoms with Gasteiger partial charge in [0.05, 0.1) is 17.1 Å². The van der Waals surface area contributed by atoms with E-state index in [1.807, 2.05) is 0 Å². The minimum atomic E-state index is -0.180. The van der Waals surface area contributed by atoms with Crippen molar-refractivity contribution in [2.45, 2.75) is 32.7 Å². The average Bonchev–Trinajstić information content (AvgIpc) is 3.43. The molecule has 5 nitrogen and oxygen atoms in total. The number of carbonyl (C=O) groups excluding carboxylic acids is 3. The summed E-state index contributed by atoms with van der Waals surface area (Å²) in [6, 6.07) is 6.94. The van der Waals surface area contributed by atoms with Crippen molar-refractivity contribution in [3.05, 3.63) is 50.9 Å². The lowest BCUT2D eigenvalue weighted by molar-refractivity contribution is -0.129. The number of fused-ring (bicyclic) bond motifs is 1. The van der Waals surface area contributed by atoms with Gasteiger partial charge in [-0.2, -0.15) is 0 Å². The van der Waals surface area contributed by atoms with Crippen LogP contribution in [0, 0.1) is 5.92 Å². The highest BCUT2D eigenvalue weighted by molar-refractivity contribution is 7.17. The summed E-state index contributed by atoms with van der Waals surface area (Å²) < 4.78 is 0. The molecule has 2 heterocycles. The highest BCUT2D eigenvalue weighted by Gasteiger charge is 2.34. The van der Waals surface area contributed by atoms with Gasteiger partial charge in [-0.25, -0.2) is 0 Å². The quantitative estimate of drug-likeness (QED) is 0.789. The Bertz CT molecular complexity index is 949. The van der Waals surface area contributed by atoms with Crippen LogP contribution in [0.15, 0.2) is 24.3 Å². The van der Waals surface area contributed by atoms with Crippen LogP contribution in [-0.4, -0.2) is 29.0 Å². The van der Waals surface area contributed by atoms with Crippen molar-refractivity contribution >= 4 is 45.5 Å². The molecule has 1 fully saturated rings. The topological polar surface area (TPSA) is 66.5 Å². The van der Waals surface area contributed by atoms with E-state index in [2.05, 4.69) is 5.32 Å². The summed E-state index contributed by atoms with van der Waals surface area (Å²) in [5.41, 5.74) is 1.88. The van der Waals surface area contributed by atoms with Gasteiger partial charge in [0.2, 0.25) is 11.8 Å². The maximum atomic E-state index is 13.3. The van der Waals surface area contributed by atoms with Crippen LogP contribution in [0.3, 0.4) is 0 Å². The first kappa shape index (κ1) is 18.2. The Hall–Kier alpha value is -2.18. The highest BCUT2D eigenvalue weighted by Crippen LogP contribution is 2.40. The maximum absolute atomic E-state index is 13.3. The first-order valence-electron chi connectivity index (χ1n) is 8.96. The van der Waals surface area contributed by atoms with E-state index in [0.717, 1.165) is 23.3 Å². The molecule has 0 unspecified atom stereocenters. The minimum Gasteiger partial charge on any atom is -0.337 e. The number of halogens is 1. The smallest absolute Gasteiger partial charge is 0.228 e. The van der Waals surface area contributed by atoms with Crippen molar-refractivity contribution in [1.29, 1.82) is 0 Å². The van der Waals surface area contributed by atoms with E-state index in [1.165, 1.54) is 11.3 Å². The van der Waals surface area contributed by atoms with Crippen LogP contribution >= 0.6 is 22.9 Å². The first-order chi connectivity index (χ1) is 13.0. The predicted octanol–water partition coefficient (Wildman–Crippen LogP) is 3.89. The van der Waals surface area contributed by atoms with Crippen LogP contribution in [0.2, 0.25) is 5.02 Å². The van der Waals surface area contributed by atoms with Crippen molar-refractivity contribution in [3.8, 4) is 0 Å². The molecule has 1 aromatic heterocycles. The third kappa shape index (κ3) is 3.51. The number of benzene rings is 1. The monoisotopic (exact) mass is 402 g/mol. The SMILES string of the molecule is CC(=O)N1CCc2c(sc(NC(=O)C3CC3)c2C(=O)c2ccccc2Cl)C1. The highest BCUT2D eigenvalue weighted by atomic mass is 35.5. The number of hydrogen-bond acceptors (Lipinski definition) is 4. The molecule has 0 bridgehead atoms. The van der Waals surface area contributed by atoms with Gasteiger partial charge in [0.25, 0.3) is 0 Å². The second-order valence-electron chi connectivity index (χ2n) is 6.97. The zero-order valence-corrected chi connectivity index (χ0v) is 16.5. The molecule has 7 heteroatoms. The van der Waals surface area contributed by atoms with Gasteiger partial charge in [0.15, 0.2) is 5.78 Å². The molecule has 0 saturated heterocycles. The number of nitrogens with one attached hydrogen (secondary N) is 1. The molecule has 0 spiro atoms. The van der Waals surface area contributed by atoms with Gasteiger partial charge in [-0.1, -0.05) is 23.7 Å². The molecule has 140 valence electrons. The minimum absolute atomic E-state index is 0.0107. The first-order valence-corrected chi connectivity index (χ1v) is 10.1. The van der Waals surface area contributed by atoms with E-state index in [-0.39, 0.29) is 23.5 Å². The number of rotatable bonds is 4. The second kappa shape index (κ2) is 7.09. The van der Waals surface area contributed by atoms with Gasteiger partial charge in [0, 0.05) is 29.8 Å². The number of amides is 2. The summed E-state index contributed by atoms with van der Waals surface area (Å²) in [5, 5.41) is 3.92. The zero-order valence-electron chi connectivity index (χ0n) is 14.9. The molecular weight excluding hydrogens is 384 g/mol. The summed E-state index contributed by atoms with van der Waals surface area (Å²) in [6.45, 7) is 2.58. The molecule has 0 radical (unpaired) electrons. The number of thiophene rings is 1. The van der Waals surface area contributed by atoms with Crippen molar-refractivity contribution in [1.82, 2.24) is 4.90 Å². The zero-order chi connectivity index (χ0) is 19.1. The van der Waals surface area contributed by atoms with E-state index in [0.29, 0.717) is 40.7 Å². The molecule has 1 N–H and O–H groups in total. The number of anilines is 1. The molecule has 2 aliphatic rings. The van der Waals surface area contributed by atoms with E-state index in [4.69, 9.17) is 11.6 Å². The fourth-order valence-corrected chi connectivity index (χ4v) is 4.83. The Labute approximate surface area is 166 Å². The van der Waals surface area contributed by atoms with E-state index in [1.54, 1.807) is 36.1 Å². The van der Waals surface area contributed by atoms with E-state index in [9.17, 15) is 14.4 Å². The fourth-order valence-electron chi connectivity index (χ4n) is 3.34. The van der Waals surface area contributed by atoms with Gasteiger partial charge < -0.3 is 10.2 Å². The third-order valence-electron chi connectivity index (χ3n) is 5.03. The molecule has 1 aliphatic carbocycles. The number of carbonyl (C=O) groups is 3. The standard InChI is InChI=1S/C20H19ClN2O3S/c1-11(24)23-9-8-14-16(10-23)27-20(22-19(26)12-6-7-12)17(14)18(25)13-4-2-3-5-15(13)21/h2-5,12H,6-10H2,1H3,(H,22,26). The number of nitrogens with zero attached hydrogens (tertiary/aromatic N) is 1. The lowest BCUT2D eigenvalue weighted by atomic mass is 9.96. The molecule has 1 aromatic carbocycles. The molecule has 4 rings (SSSR count). The Kier molecular flexibility index (Phi) is 4.78. The van der Waals surface area contributed by atoms with Crippen LogP contribution in [-0.2, 0) is 22.6 Å². The van der Waals surface area contributed by atoms with Crippen molar-refractivity contribution in [2.24, 2.45) is 5.92 Å². The summed E-state index contributed by atoms with van der Waals surface area (Å²) in [4.78, 5) is 40.1. The van der Waals surface area contributed by atoms with E-state index < -0.39 is 0 Å². The maximum Gasteiger partial charge on any atom is 0.228 e. The number of hydrogen-bond donors (Lipinski definition) is 1. The summed E-state index contributed by atoms with van der Waals surface area (Å²) in [7, 11) is 0. The normalized spacial score (nSPS) is 16.0. The Morgan fingerprint density at radius 1 is 1.22 bits per heavy atom. The van der Waals surface area contributed by atoms with Gasteiger partial charge >= 0.3 is 0 Å². The summed E-state index contributed by atoms with van der Waals surface area (Å²) in [5.74, 6) is -0.164. The largest absolute Gasteiger partial charge is 0.337 e. The van der Waals surface area contributed by atoms with Gasteiger partial charge in [-0.05, 0) is 37.0 Å². The number of ketones is 1. The molecule has 2 aromatic rings. The third-order valence-corrected chi connectivity index (χ3v) is 6.49. The van der Waals surface area contributed by atoms with Crippen LogP contribution in [0.4, 0.5) is 5.00 Å². The Morgan fingerprint density at radius 3 is 2.63 bits per heavy atom.